The van der Waals surface area contributed by atoms with E-state index in [0.29, 0.717) is 5.69 Å². The van der Waals surface area contributed by atoms with Gasteiger partial charge in [-0.2, -0.15) is 5.10 Å². The summed E-state index contributed by atoms with van der Waals surface area (Å²) in [5.74, 6) is -0.354. The largest absolute Gasteiger partial charge is 0.458 e. The van der Waals surface area contributed by atoms with Crippen molar-refractivity contribution in [2.45, 2.75) is 33.8 Å². The van der Waals surface area contributed by atoms with Gasteiger partial charge in [-0.1, -0.05) is 24.3 Å². The van der Waals surface area contributed by atoms with E-state index in [4.69, 9.17) is 4.74 Å². The van der Waals surface area contributed by atoms with E-state index in [9.17, 15) is 4.79 Å². The lowest BCUT2D eigenvalue weighted by Crippen LogP contribution is -2.16. The fourth-order valence-electron chi connectivity index (χ4n) is 2.61. The second-order valence-electron chi connectivity index (χ2n) is 6.07. The fourth-order valence-corrected chi connectivity index (χ4v) is 2.61. The molecule has 0 N–H and O–H groups in total. The molecule has 0 fully saturated rings. The summed E-state index contributed by atoms with van der Waals surface area (Å²) in [6.45, 7) is 7.72. The molecule has 1 aromatic heterocycles. The summed E-state index contributed by atoms with van der Waals surface area (Å²) in [6, 6.07) is 13.8. The van der Waals surface area contributed by atoms with E-state index < -0.39 is 0 Å². The number of fused-ring (bicyclic) bond motifs is 1. The van der Waals surface area contributed by atoms with E-state index in [1.54, 1.807) is 4.68 Å². The number of ether oxygens (including phenoxy) is 1. The van der Waals surface area contributed by atoms with Crippen LogP contribution in [0.3, 0.4) is 0 Å². The van der Waals surface area contributed by atoms with Crippen LogP contribution in [0, 0.1) is 13.8 Å². The minimum atomic E-state index is -0.354. The third-order valence-electron chi connectivity index (χ3n) is 3.61. The zero-order valence-electron chi connectivity index (χ0n) is 13.8. The van der Waals surface area contributed by atoms with Crippen LogP contribution >= 0.6 is 0 Å². The molecule has 0 saturated carbocycles. The fraction of sp³-hybridized carbons (Fsp3) is 0.263. The number of hydrogen-bond acceptors (Lipinski definition) is 3. The maximum atomic E-state index is 12.6. The molecular weight excluding hydrogens is 288 g/mol. The number of hydrogen-bond donors (Lipinski definition) is 0. The zero-order chi connectivity index (χ0) is 16.6. The Labute approximate surface area is 135 Å². The lowest BCUT2D eigenvalue weighted by molar-refractivity contribution is 0.0369. The van der Waals surface area contributed by atoms with E-state index >= 15 is 0 Å². The van der Waals surface area contributed by atoms with E-state index in [-0.39, 0.29) is 12.1 Å². The van der Waals surface area contributed by atoms with Crippen molar-refractivity contribution in [3.8, 4) is 5.69 Å². The van der Waals surface area contributed by atoms with E-state index in [1.165, 1.54) is 0 Å². The molecule has 0 spiro atoms. The van der Waals surface area contributed by atoms with Gasteiger partial charge < -0.3 is 4.74 Å². The molecule has 0 aliphatic heterocycles. The Bertz CT molecular complexity index is 878. The summed E-state index contributed by atoms with van der Waals surface area (Å²) in [7, 11) is 0. The molecule has 3 aromatic rings. The zero-order valence-corrected chi connectivity index (χ0v) is 13.8. The SMILES string of the molecule is Cc1cccc(-n2nc3cc(C)ccc3c2C(=O)OC(C)C)c1. The summed E-state index contributed by atoms with van der Waals surface area (Å²) in [4.78, 5) is 12.6. The maximum absolute atomic E-state index is 12.6. The van der Waals surface area contributed by atoms with Crippen LogP contribution in [0.1, 0.15) is 35.5 Å². The number of aromatic nitrogens is 2. The minimum Gasteiger partial charge on any atom is -0.458 e. The normalized spacial score (nSPS) is 11.2. The molecule has 0 aliphatic carbocycles. The van der Waals surface area contributed by atoms with Gasteiger partial charge in [0.05, 0.1) is 17.3 Å². The van der Waals surface area contributed by atoms with E-state index in [1.807, 2.05) is 70.2 Å². The second kappa shape index (κ2) is 5.88. The highest BCUT2D eigenvalue weighted by molar-refractivity contribution is 6.03. The molecule has 0 bridgehead atoms. The highest BCUT2D eigenvalue weighted by Gasteiger charge is 2.21. The molecule has 0 atom stereocenters. The number of aryl methyl sites for hydroxylation is 2. The summed E-state index contributed by atoms with van der Waals surface area (Å²) in [6.07, 6.45) is -0.177. The molecule has 0 radical (unpaired) electrons. The van der Waals surface area contributed by atoms with Crippen molar-refractivity contribution in [1.29, 1.82) is 0 Å². The van der Waals surface area contributed by atoms with Crippen LogP contribution in [0.25, 0.3) is 16.6 Å². The quantitative estimate of drug-likeness (QED) is 0.681. The second-order valence-corrected chi connectivity index (χ2v) is 6.07. The predicted octanol–water partition coefficient (Wildman–Crippen LogP) is 4.21. The number of nitrogens with zero attached hydrogens (tertiary/aromatic N) is 2. The van der Waals surface area contributed by atoms with Crippen LogP contribution in [0.15, 0.2) is 42.5 Å². The van der Waals surface area contributed by atoms with Crippen molar-refractivity contribution in [3.05, 3.63) is 59.3 Å². The molecule has 118 valence electrons. The Hall–Kier alpha value is -2.62. The summed E-state index contributed by atoms with van der Waals surface area (Å²) in [5, 5.41) is 5.44. The minimum absolute atomic E-state index is 0.177. The van der Waals surface area contributed by atoms with Gasteiger partial charge in [0.15, 0.2) is 5.69 Å². The predicted molar refractivity (Wildman–Crippen MR) is 91.1 cm³/mol. The van der Waals surface area contributed by atoms with Gasteiger partial charge in [-0.15, -0.1) is 0 Å². The monoisotopic (exact) mass is 308 g/mol. The molecule has 3 rings (SSSR count). The highest BCUT2D eigenvalue weighted by atomic mass is 16.5. The van der Waals surface area contributed by atoms with Crippen LogP contribution in [0.4, 0.5) is 0 Å². The average molecular weight is 308 g/mol. The van der Waals surface area contributed by atoms with Crippen molar-refractivity contribution >= 4 is 16.9 Å². The van der Waals surface area contributed by atoms with Gasteiger partial charge in [0.2, 0.25) is 0 Å². The van der Waals surface area contributed by atoms with Gasteiger partial charge in [0.25, 0.3) is 0 Å². The Kier molecular flexibility index (Phi) is 3.90. The molecule has 0 amide bonds. The van der Waals surface area contributed by atoms with Gasteiger partial charge >= 0.3 is 5.97 Å². The third-order valence-corrected chi connectivity index (χ3v) is 3.61. The van der Waals surface area contributed by atoms with Crippen LogP contribution in [0.5, 0.6) is 0 Å². The van der Waals surface area contributed by atoms with Gasteiger partial charge in [-0.05, 0) is 57.0 Å². The summed E-state index contributed by atoms with van der Waals surface area (Å²) in [5.41, 5.74) is 4.34. The maximum Gasteiger partial charge on any atom is 0.357 e. The van der Waals surface area contributed by atoms with Gasteiger partial charge in [0, 0.05) is 5.39 Å². The standard InChI is InChI=1S/C19H20N2O2/c1-12(2)23-19(22)18-16-9-8-14(4)11-17(16)20-21(18)15-7-5-6-13(3)10-15/h5-12H,1-4H3. The smallest absolute Gasteiger partial charge is 0.357 e. The summed E-state index contributed by atoms with van der Waals surface area (Å²) >= 11 is 0. The molecule has 0 saturated heterocycles. The molecule has 23 heavy (non-hydrogen) atoms. The Morgan fingerprint density at radius 3 is 2.52 bits per heavy atom. The van der Waals surface area contributed by atoms with Crippen LogP contribution in [-0.2, 0) is 4.74 Å². The van der Waals surface area contributed by atoms with Crippen LogP contribution in [0.2, 0.25) is 0 Å². The third kappa shape index (κ3) is 2.97. The number of carbonyl (C=O) groups is 1. The first-order chi connectivity index (χ1) is 11.0. The first kappa shape index (κ1) is 15.3. The lowest BCUT2D eigenvalue weighted by Gasteiger charge is -2.11. The lowest BCUT2D eigenvalue weighted by atomic mass is 10.1. The molecule has 4 nitrogen and oxygen atoms in total. The van der Waals surface area contributed by atoms with Crippen molar-refractivity contribution in [1.82, 2.24) is 9.78 Å². The highest BCUT2D eigenvalue weighted by Crippen LogP contribution is 2.24. The van der Waals surface area contributed by atoms with E-state index in [2.05, 4.69) is 5.10 Å². The van der Waals surface area contributed by atoms with E-state index in [0.717, 1.165) is 27.7 Å². The average Bonchev–Trinajstić information content (AvgIpc) is 2.85. The molecule has 2 aromatic carbocycles. The van der Waals surface area contributed by atoms with Crippen LogP contribution in [-0.4, -0.2) is 21.9 Å². The Morgan fingerprint density at radius 2 is 1.83 bits per heavy atom. The molecule has 4 heteroatoms. The summed E-state index contributed by atoms with van der Waals surface area (Å²) < 4.78 is 7.11. The van der Waals surface area contributed by atoms with Gasteiger partial charge in [-0.25, -0.2) is 9.48 Å². The number of carbonyl (C=O) groups excluding carboxylic acids is 1. The first-order valence-electron chi connectivity index (χ1n) is 7.73. The Balaban J connectivity index is 2.25. The van der Waals surface area contributed by atoms with Crippen molar-refractivity contribution in [2.24, 2.45) is 0 Å². The number of benzene rings is 2. The number of rotatable bonds is 3. The Morgan fingerprint density at radius 1 is 1.09 bits per heavy atom. The van der Waals surface area contributed by atoms with Crippen molar-refractivity contribution in [3.63, 3.8) is 0 Å². The molecule has 1 heterocycles. The van der Waals surface area contributed by atoms with Crippen molar-refractivity contribution < 1.29 is 9.53 Å². The molecule has 0 aliphatic rings. The van der Waals surface area contributed by atoms with Crippen LogP contribution < -0.4 is 0 Å². The first-order valence-corrected chi connectivity index (χ1v) is 7.73. The molecular formula is C19H20N2O2. The topological polar surface area (TPSA) is 44.1 Å². The number of esters is 1. The van der Waals surface area contributed by atoms with Gasteiger partial charge in [-0.3, -0.25) is 0 Å². The molecule has 0 unspecified atom stereocenters. The van der Waals surface area contributed by atoms with Gasteiger partial charge in [0.1, 0.15) is 0 Å². The van der Waals surface area contributed by atoms with Crippen molar-refractivity contribution in [2.75, 3.05) is 0 Å².